The number of nitrogens with zero attached hydrogens (tertiary/aromatic N) is 2. The minimum absolute atomic E-state index is 0.175. The number of hydrogen-bond acceptors (Lipinski definition) is 4. The lowest BCUT2D eigenvalue weighted by Crippen LogP contribution is -2.21. The largest absolute Gasteiger partial charge is 0.477 e. The number of halogens is 5. The first-order chi connectivity index (χ1) is 16.5. The highest BCUT2D eigenvalue weighted by Gasteiger charge is 2.30. The molecule has 0 radical (unpaired) electrons. The number of fused-ring (bicyclic) bond motifs is 2. The number of aromatic nitrogens is 2. The van der Waals surface area contributed by atoms with Crippen LogP contribution in [0.3, 0.4) is 0 Å². The van der Waals surface area contributed by atoms with Crippen molar-refractivity contribution >= 4 is 63.3 Å². The summed E-state index contributed by atoms with van der Waals surface area (Å²) in [6.07, 6.45) is -2.54. The fourth-order valence-corrected chi connectivity index (χ4v) is 3.83. The first-order valence-corrected chi connectivity index (χ1v) is 10.7. The highest BCUT2D eigenvalue weighted by atomic mass is 35.5. The third kappa shape index (κ3) is 4.94. The predicted octanol–water partition coefficient (Wildman–Crippen LogP) is 5.07. The van der Waals surface area contributed by atoms with E-state index in [2.05, 4.69) is 10.3 Å². The number of nitrogens with one attached hydrogen (secondary N) is 1. The number of rotatable bonds is 4. The Labute approximate surface area is 205 Å². The number of anilines is 1. The average molecular weight is 524 g/mol. The van der Waals surface area contributed by atoms with Crippen molar-refractivity contribution < 1.29 is 27.9 Å². The number of carboxylic acid groups (broad SMARTS) is 1. The zero-order valence-corrected chi connectivity index (χ0v) is 19.0. The predicted molar refractivity (Wildman–Crippen MR) is 125 cm³/mol. The SMILES string of the molecule is O=C(O)/C(Cl)=C(/Cl)C(=O)Nc1ccc2c(=O)n3c(nc2c1)/C(=C\c1cccc(C(F)(F)F)c1)CC3. The van der Waals surface area contributed by atoms with E-state index in [1.165, 1.54) is 34.9 Å². The molecule has 180 valence electrons. The molecule has 12 heteroatoms. The fourth-order valence-electron chi connectivity index (χ4n) is 3.62. The number of aliphatic carboxylic acids is 1. The second-order valence-corrected chi connectivity index (χ2v) is 8.31. The van der Waals surface area contributed by atoms with Crippen molar-refractivity contribution in [1.29, 1.82) is 0 Å². The number of carbonyl (C=O) groups is 2. The normalized spacial score (nSPS) is 15.2. The monoisotopic (exact) mass is 523 g/mol. The van der Waals surface area contributed by atoms with Gasteiger partial charge in [0.05, 0.1) is 16.5 Å². The van der Waals surface area contributed by atoms with Gasteiger partial charge in [-0.05, 0) is 54.0 Å². The van der Waals surface area contributed by atoms with Gasteiger partial charge in [-0.15, -0.1) is 0 Å². The van der Waals surface area contributed by atoms with Crippen molar-refractivity contribution in [2.45, 2.75) is 19.1 Å². The molecular formula is C23H14Cl2F3N3O4. The van der Waals surface area contributed by atoms with Gasteiger partial charge in [-0.1, -0.05) is 35.3 Å². The van der Waals surface area contributed by atoms with Crippen LogP contribution >= 0.6 is 23.2 Å². The van der Waals surface area contributed by atoms with Crippen LogP contribution in [0.2, 0.25) is 0 Å². The molecule has 0 atom stereocenters. The Kier molecular flexibility index (Phi) is 6.44. The van der Waals surface area contributed by atoms with Crippen LogP contribution < -0.4 is 10.9 Å². The van der Waals surface area contributed by atoms with Crippen LogP contribution in [0.15, 0.2) is 57.3 Å². The summed E-state index contributed by atoms with van der Waals surface area (Å²) < 4.78 is 40.6. The molecule has 0 saturated carbocycles. The highest BCUT2D eigenvalue weighted by Crippen LogP contribution is 2.32. The maximum absolute atomic E-state index is 13.1. The Balaban J connectivity index is 1.72. The summed E-state index contributed by atoms with van der Waals surface area (Å²) in [4.78, 5) is 40.5. The molecule has 0 unspecified atom stereocenters. The van der Waals surface area contributed by atoms with E-state index in [0.29, 0.717) is 29.9 Å². The molecule has 0 saturated heterocycles. The second kappa shape index (κ2) is 9.20. The molecule has 0 aliphatic carbocycles. The van der Waals surface area contributed by atoms with Gasteiger partial charge in [0.25, 0.3) is 11.5 Å². The van der Waals surface area contributed by atoms with Gasteiger partial charge in [0.15, 0.2) is 0 Å². The molecule has 0 fully saturated rings. The topological polar surface area (TPSA) is 101 Å². The third-order valence-electron chi connectivity index (χ3n) is 5.24. The zero-order valence-electron chi connectivity index (χ0n) is 17.5. The summed E-state index contributed by atoms with van der Waals surface area (Å²) in [5.74, 6) is -2.24. The molecule has 0 spiro atoms. The van der Waals surface area contributed by atoms with Crippen LogP contribution in [-0.4, -0.2) is 26.5 Å². The molecule has 1 aliphatic heterocycles. The molecule has 2 N–H and O–H groups in total. The van der Waals surface area contributed by atoms with Crippen LogP contribution in [0.4, 0.5) is 18.9 Å². The standard InChI is InChI=1S/C23H14Cl2F3N3O4/c24-17(18(25)22(34)35)20(32)29-14-4-5-15-16(10-14)30-19-12(6-7-31(19)21(15)33)8-11-2-1-3-13(9-11)23(26,27)28/h1-5,8-10H,6-7H2,(H,29,32)(H,34,35)/b12-8-,18-17-. The van der Waals surface area contributed by atoms with Crippen molar-refractivity contribution in [2.75, 3.05) is 5.32 Å². The Morgan fingerprint density at radius 1 is 1.11 bits per heavy atom. The lowest BCUT2D eigenvalue weighted by Gasteiger charge is -2.09. The quantitative estimate of drug-likeness (QED) is 0.465. The lowest BCUT2D eigenvalue weighted by atomic mass is 10.1. The van der Waals surface area contributed by atoms with Gasteiger partial charge in [-0.25, -0.2) is 9.78 Å². The molecule has 1 aromatic heterocycles. The minimum atomic E-state index is -4.49. The van der Waals surface area contributed by atoms with E-state index in [-0.39, 0.29) is 22.1 Å². The van der Waals surface area contributed by atoms with Crippen LogP contribution in [-0.2, 0) is 22.3 Å². The summed E-state index contributed by atoms with van der Waals surface area (Å²) in [7, 11) is 0. The summed E-state index contributed by atoms with van der Waals surface area (Å²) in [5.41, 5.74) is 0.161. The summed E-state index contributed by atoms with van der Waals surface area (Å²) in [6, 6.07) is 9.08. The molecule has 1 aliphatic rings. The molecule has 0 bridgehead atoms. The van der Waals surface area contributed by atoms with Gasteiger partial charge in [-0.3, -0.25) is 14.2 Å². The van der Waals surface area contributed by atoms with E-state index in [4.69, 9.17) is 28.3 Å². The summed E-state index contributed by atoms with van der Waals surface area (Å²) >= 11 is 11.2. The van der Waals surface area contributed by atoms with Crippen molar-refractivity contribution in [3.63, 3.8) is 0 Å². The molecule has 4 rings (SSSR count). The van der Waals surface area contributed by atoms with Gasteiger partial charge < -0.3 is 10.4 Å². The summed E-state index contributed by atoms with van der Waals surface area (Å²) in [6.45, 7) is 0.314. The third-order valence-corrected chi connectivity index (χ3v) is 6.05. The second-order valence-electron chi connectivity index (χ2n) is 7.55. The summed E-state index contributed by atoms with van der Waals surface area (Å²) in [5, 5.41) is 9.91. The molecule has 2 aromatic carbocycles. The van der Waals surface area contributed by atoms with Gasteiger partial charge in [0, 0.05) is 12.2 Å². The molecule has 35 heavy (non-hydrogen) atoms. The van der Waals surface area contributed by atoms with E-state index in [0.717, 1.165) is 12.1 Å². The average Bonchev–Trinajstić information content (AvgIpc) is 3.20. The fraction of sp³-hybridized carbons (Fsp3) is 0.130. The first-order valence-electron chi connectivity index (χ1n) is 9.98. The zero-order chi connectivity index (χ0) is 25.5. The number of amides is 1. The number of benzene rings is 2. The van der Waals surface area contributed by atoms with Crippen molar-refractivity contribution in [3.05, 3.63) is 79.8 Å². The molecule has 1 amide bonds. The Hall–Kier alpha value is -3.63. The van der Waals surface area contributed by atoms with Crippen molar-refractivity contribution in [1.82, 2.24) is 9.55 Å². The van der Waals surface area contributed by atoms with E-state index < -0.39 is 33.7 Å². The van der Waals surface area contributed by atoms with E-state index in [9.17, 15) is 27.6 Å². The Morgan fingerprint density at radius 2 is 1.86 bits per heavy atom. The van der Waals surface area contributed by atoms with Crippen LogP contribution in [0, 0.1) is 0 Å². The lowest BCUT2D eigenvalue weighted by molar-refractivity contribution is -0.137. The van der Waals surface area contributed by atoms with E-state index in [1.807, 2.05) is 0 Å². The van der Waals surface area contributed by atoms with Crippen LogP contribution in [0.5, 0.6) is 0 Å². The van der Waals surface area contributed by atoms with Crippen molar-refractivity contribution in [2.24, 2.45) is 0 Å². The number of carbonyl (C=O) groups excluding carboxylic acids is 1. The number of allylic oxidation sites excluding steroid dienone is 1. The Bertz CT molecular complexity index is 1510. The minimum Gasteiger partial charge on any atom is -0.477 e. The smallest absolute Gasteiger partial charge is 0.416 e. The van der Waals surface area contributed by atoms with Crippen LogP contribution in [0.25, 0.3) is 22.6 Å². The number of alkyl halides is 3. The van der Waals surface area contributed by atoms with Gasteiger partial charge in [0.2, 0.25) is 0 Å². The first kappa shape index (κ1) is 24.5. The number of hydrogen-bond donors (Lipinski definition) is 2. The molecule has 3 aromatic rings. The van der Waals surface area contributed by atoms with Gasteiger partial charge >= 0.3 is 12.1 Å². The van der Waals surface area contributed by atoms with E-state index >= 15 is 0 Å². The van der Waals surface area contributed by atoms with Gasteiger partial charge in [0.1, 0.15) is 15.9 Å². The molecule has 7 nitrogen and oxygen atoms in total. The maximum atomic E-state index is 13.1. The molecule has 2 heterocycles. The molecular weight excluding hydrogens is 510 g/mol. The van der Waals surface area contributed by atoms with Gasteiger partial charge in [-0.2, -0.15) is 13.2 Å². The number of carboxylic acids is 1. The van der Waals surface area contributed by atoms with Crippen LogP contribution in [0.1, 0.15) is 23.4 Å². The van der Waals surface area contributed by atoms with Crippen molar-refractivity contribution in [3.8, 4) is 0 Å². The Morgan fingerprint density at radius 3 is 2.54 bits per heavy atom. The maximum Gasteiger partial charge on any atom is 0.416 e. The highest BCUT2D eigenvalue weighted by molar-refractivity contribution is 6.54. The van der Waals surface area contributed by atoms with E-state index in [1.54, 1.807) is 6.08 Å².